The maximum atomic E-state index is 13.9. The summed E-state index contributed by atoms with van der Waals surface area (Å²) in [5, 5.41) is 3.17. The fourth-order valence-corrected chi connectivity index (χ4v) is 2.08. The summed E-state index contributed by atoms with van der Waals surface area (Å²) in [5.41, 5.74) is 1.61. The van der Waals surface area contributed by atoms with Gasteiger partial charge in [-0.2, -0.15) is 0 Å². The number of aromatic nitrogens is 1. The summed E-state index contributed by atoms with van der Waals surface area (Å²) in [6.07, 6.45) is 1.73. The van der Waals surface area contributed by atoms with E-state index < -0.39 is 0 Å². The molecule has 0 aliphatic heterocycles. The molecule has 0 radical (unpaired) electrons. The number of anilines is 1. The molecule has 0 saturated heterocycles. The number of hydrogen-bond donors (Lipinski definition) is 1. The van der Waals surface area contributed by atoms with Crippen LogP contribution in [0.25, 0.3) is 0 Å². The van der Waals surface area contributed by atoms with Gasteiger partial charge >= 0.3 is 0 Å². The van der Waals surface area contributed by atoms with Crippen molar-refractivity contribution in [1.82, 2.24) is 9.88 Å². The molecule has 0 saturated carbocycles. The molecule has 0 fully saturated rings. The first-order valence-corrected chi connectivity index (χ1v) is 7.11. The van der Waals surface area contributed by atoms with Gasteiger partial charge in [0.1, 0.15) is 11.6 Å². The van der Waals surface area contributed by atoms with Gasteiger partial charge in [-0.3, -0.25) is 0 Å². The van der Waals surface area contributed by atoms with Crippen LogP contribution in [0.2, 0.25) is 0 Å². The second kappa shape index (κ2) is 6.81. The van der Waals surface area contributed by atoms with Crippen molar-refractivity contribution in [2.75, 3.05) is 19.4 Å². The molecule has 0 atom stereocenters. The number of pyridine rings is 1. The molecule has 3 nitrogen and oxygen atoms in total. The Bertz CT molecular complexity index is 570. The van der Waals surface area contributed by atoms with E-state index in [1.54, 1.807) is 12.3 Å². The van der Waals surface area contributed by atoms with Gasteiger partial charge in [0.25, 0.3) is 0 Å². The Kier molecular flexibility index (Phi) is 5.09. The number of nitrogens with zero attached hydrogens (tertiary/aromatic N) is 2. The van der Waals surface area contributed by atoms with E-state index in [1.165, 1.54) is 0 Å². The molecule has 0 unspecified atom stereocenters. The molecule has 2 aromatic rings. The van der Waals surface area contributed by atoms with E-state index in [2.05, 4.69) is 26.2 Å². The van der Waals surface area contributed by atoms with E-state index in [0.717, 1.165) is 15.9 Å². The van der Waals surface area contributed by atoms with E-state index in [4.69, 9.17) is 0 Å². The standard InChI is InChI=1S/C15H17BrFN3/c1-20(2)10-12-4-3-11(7-14(12)17)8-18-15-6-5-13(16)9-19-15/h3-7,9H,8,10H2,1-2H3,(H,18,19). The van der Waals surface area contributed by atoms with Crippen molar-refractivity contribution >= 4 is 21.7 Å². The third-order valence-corrected chi connectivity index (χ3v) is 3.27. The molecule has 20 heavy (non-hydrogen) atoms. The van der Waals surface area contributed by atoms with Gasteiger partial charge in [0.2, 0.25) is 0 Å². The van der Waals surface area contributed by atoms with Crippen LogP contribution in [-0.2, 0) is 13.1 Å². The van der Waals surface area contributed by atoms with Gasteiger partial charge in [-0.25, -0.2) is 9.37 Å². The van der Waals surface area contributed by atoms with Gasteiger partial charge in [0.05, 0.1) is 0 Å². The van der Waals surface area contributed by atoms with Crippen LogP contribution in [0.5, 0.6) is 0 Å². The molecular formula is C15H17BrFN3. The Morgan fingerprint density at radius 1 is 1.25 bits per heavy atom. The lowest BCUT2D eigenvalue weighted by atomic mass is 10.1. The number of benzene rings is 1. The summed E-state index contributed by atoms with van der Waals surface area (Å²) in [4.78, 5) is 6.16. The summed E-state index contributed by atoms with van der Waals surface area (Å²) in [6, 6.07) is 9.14. The molecule has 0 spiro atoms. The average molecular weight is 338 g/mol. The lowest BCUT2D eigenvalue weighted by molar-refractivity contribution is 0.392. The van der Waals surface area contributed by atoms with E-state index in [0.29, 0.717) is 18.7 Å². The molecule has 106 valence electrons. The van der Waals surface area contributed by atoms with Gasteiger partial charge < -0.3 is 10.2 Å². The first kappa shape index (κ1) is 14.9. The molecule has 0 bridgehead atoms. The highest BCUT2D eigenvalue weighted by Crippen LogP contribution is 2.14. The zero-order chi connectivity index (χ0) is 14.5. The van der Waals surface area contributed by atoms with Gasteiger partial charge in [0, 0.05) is 29.3 Å². The molecule has 0 aliphatic carbocycles. The lowest BCUT2D eigenvalue weighted by Crippen LogP contribution is -2.12. The number of nitrogens with one attached hydrogen (secondary N) is 1. The van der Waals surface area contributed by atoms with Crippen LogP contribution in [0.3, 0.4) is 0 Å². The van der Waals surface area contributed by atoms with Crippen molar-refractivity contribution < 1.29 is 4.39 Å². The normalized spacial score (nSPS) is 10.8. The monoisotopic (exact) mass is 337 g/mol. The predicted molar refractivity (Wildman–Crippen MR) is 83.1 cm³/mol. The first-order chi connectivity index (χ1) is 9.54. The van der Waals surface area contributed by atoms with Crippen LogP contribution < -0.4 is 5.32 Å². The smallest absolute Gasteiger partial charge is 0.128 e. The Morgan fingerprint density at radius 3 is 2.65 bits per heavy atom. The zero-order valence-corrected chi connectivity index (χ0v) is 13.1. The minimum absolute atomic E-state index is 0.165. The minimum atomic E-state index is -0.165. The highest BCUT2D eigenvalue weighted by Gasteiger charge is 2.05. The summed E-state index contributed by atoms with van der Waals surface area (Å²) in [5.74, 6) is 0.604. The molecule has 1 N–H and O–H groups in total. The zero-order valence-electron chi connectivity index (χ0n) is 11.5. The van der Waals surface area contributed by atoms with Gasteiger partial charge in [-0.1, -0.05) is 12.1 Å². The topological polar surface area (TPSA) is 28.2 Å². The van der Waals surface area contributed by atoms with Crippen molar-refractivity contribution in [3.8, 4) is 0 Å². The number of rotatable bonds is 5. The third-order valence-electron chi connectivity index (χ3n) is 2.81. The molecule has 2 rings (SSSR count). The molecule has 0 amide bonds. The molecule has 1 aromatic heterocycles. The molecule has 1 heterocycles. The van der Waals surface area contributed by atoms with Crippen LogP contribution in [-0.4, -0.2) is 24.0 Å². The van der Waals surface area contributed by atoms with Crippen LogP contribution in [0.15, 0.2) is 41.0 Å². The highest BCUT2D eigenvalue weighted by atomic mass is 79.9. The highest BCUT2D eigenvalue weighted by molar-refractivity contribution is 9.10. The summed E-state index contributed by atoms with van der Waals surface area (Å²) in [6.45, 7) is 1.15. The summed E-state index contributed by atoms with van der Waals surface area (Å²) >= 11 is 3.33. The van der Waals surface area contributed by atoms with E-state index in [-0.39, 0.29) is 5.82 Å². The maximum absolute atomic E-state index is 13.9. The van der Waals surface area contributed by atoms with Gasteiger partial charge in [-0.15, -0.1) is 0 Å². The quantitative estimate of drug-likeness (QED) is 0.902. The SMILES string of the molecule is CN(C)Cc1ccc(CNc2ccc(Br)cn2)cc1F. The third kappa shape index (κ3) is 4.28. The van der Waals surface area contributed by atoms with Crippen molar-refractivity contribution in [1.29, 1.82) is 0 Å². The van der Waals surface area contributed by atoms with E-state index in [1.807, 2.05) is 43.3 Å². The second-order valence-electron chi connectivity index (χ2n) is 4.88. The molecule has 5 heteroatoms. The van der Waals surface area contributed by atoms with Crippen molar-refractivity contribution in [3.63, 3.8) is 0 Å². The van der Waals surface area contributed by atoms with Crippen LogP contribution in [0.1, 0.15) is 11.1 Å². The largest absolute Gasteiger partial charge is 0.366 e. The van der Waals surface area contributed by atoms with E-state index >= 15 is 0 Å². The van der Waals surface area contributed by atoms with Crippen LogP contribution >= 0.6 is 15.9 Å². The molecule has 0 aliphatic rings. The fourth-order valence-electron chi connectivity index (χ4n) is 1.84. The molecule has 1 aromatic carbocycles. The van der Waals surface area contributed by atoms with Crippen LogP contribution in [0, 0.1) is 5.82 Å². The lowest BCUT2D eigenvalue weighted by Gasteiger charge is -2.12. The number of hydrogen-bond acceptors (Lipinski definition) is 3. The van der Waals surface area contributed by atoms with Crippen molar-refractivity contribution in [2.45, 2.75) is 13.1 Å². The summed E-state index contributed by atoms with van der Waals surface area (Å²) in [7, 11) is 3.85. The first-order valence-electron chi connectivity index (χ1n) is 6.32. The van der Waals surface area contributed by atoms with Gasteiger partial charge in [-0.05, 0) is 53.8 Å². The van der Waals surface area contributed by atoms with Crippen molar-refractivity contribution in [3.05, 3.63) is 57.9 Å². The molecular weight excluding hydrogens is 321 g/mol. The Hall–Kier alpha value is -1.46. The second-order valence-corrected chi connectivity index (χ2v) is 5.79. The Balaban J connectivity index is 1.99. The van der Waals surface area contributed by atoms with E-state index in [9.17, 15) is 4.39 Å². The Labute approximate surface area is 127 Å². The fraction of sp³-hybridized carbons (Fsp3) is 0.267. The minimum Gasteiger partial charge on any atom is -0.366 e. The summed E-state index contributed by atoms with van der Waals surface area (Å²) < 4.78 is 14.8. The Morgan fingerprint density at radius 2 is 2.05 bits per heavy atom. The van der Waals surface area contributed by atoms with Gasteiger partial charge in [0.15, 0.2) is 0 Å². The number of halogens is 2. The van der Waals surface area contributed by atoms with Crippen molar-refractivity contribution in [2.24, 2.45) is 0 Å². The van der Waals surface area contributed by atoms with Crippen LogP contribution in [0.4, 0.5) is 10.2 Å². The average Bonchev–Trinajstić information content (AvgIpc) is 2.40. The predicted octanol–water partition coefficient (Wildman–Crippen LogP) is 3.66. The maximum Gasteiger partial charge on any atom is 0.128 e.